The molecule has 2 unspecified atom stereocenters. The van der Waals surface area contributed by atoms with Crippen LogP contribution >= 0.6 is 11.3 Å². The number of halogens is 3. The molecule has 0 spiro atoms. The van der Waals surface area contributed by atoms with Gasteiger partial charge >= 0.3 is 6.18 Å². The molecule has 2 atom stereocenters. The Labute approximate surface area is 178 Å². The van der Waals surface area contributed by atoms with Gasteiger partial charge in [-0.25, -0.2) is 9.29 Å². The summed E-state index contributed by atoms with van der Waals surface area (Å²) in [6.45, 7) is 5.88. The SMILES string of the molecule is C=S(=O)(N1CCN(c2ccnc3scc(C)c23)CC1)C1(C)C=CC=C(C(F)(F)F)C1. The zero-order chi connectivity index (χ0) is 21.7. The molecule has 1 aliphatic carbocycles. The largest absolute Gasteiger partial charge is 0.412 e. The Morgan fingerprint density at radius 2 is 1.97 bits per heavy atom. The minimum atomic E-state index is -4.43. The zero-order valence-electron chi connectivity index (χ0n) is 16.9. The highest BCUT2D eigenvalue weighted by atomic mass is 32.2. The summed E-state index contributed by atoms with van der Waals surface area (Å²) in [5, 5.41) is 3.22. The third-order valence-electron chi connectivity index (χ3n) is 6.01. The predicted molar refractivity (Wildman–Crippen MR) is 120 cm³/mol. The lowest BCUT2D eigenvalue weighted by Gasteiger charge is -2.43. The van der Waals surface area contributed by atoms with E-state index in [0.717, 1.165) is 22.0 Å². The fourth-order valence-corrected chi connectivity index (χ4v) is 7.08. The summed E-state index contributed by atoms with van der Waals surface area (Å²) >= 11 is 1.61. The molecule has 0 amide bonds. The van der Waals surface area contributed by atoms with Crippen LogP contribution in [0.4, 0.5) is 18.9 Å². The minimum Gasteiger partial charge on any atom is -0.368 e. The summed E-state index contributed by atoms with van der Waals surface area (Å²) in [5.41, 5.74) is 1.61. The van der Waals surface area contributed by atoms with Crippen LogP contribution in [-0.2, 0) is 9.71 Å². The Morgan fingerprint density at radius 3 is 2.63 bits per heavy atom. The number of pyridine rings is 1. The molecular weight excluding hydrogens is 431 g/mol. The van der Waals surface area contributed by atoms with Crippen LogP contribution in [0.25, 0.3) is 10.2 Å². The number of fused-ring (bicyclic) bond motifs is 1. The predicted octanol–water partition coefficient (Wildman–Crippen LogP) is 4.57. The van der Waals surface area contributed by atoms with E-state index in [-0.39, 0.29) is 6.42 Å². The van der Waals surface area contributed by atoms with Gasteiger partial charge in [-0.15, -0.1) is 11.3 Å². The second-order valence-electron chi connectivity index (χ2n) is 8.02. The van der Waals surface area contributed by atoms with E-state index in [2.05, 4.69) is 28.1 Å². The zero-order valence-corrected chi connectivity index (χ0v) is 18.5. The van der Waals surface area contributed by atoms with Gasteiger partial charge in [-0.1, -0.05) is 18.2 Å². The number of piperazine rings is 1. The minimum absolute atomic E-state index is 0.325. The summed E-state index contributed by atoms with van der Waals surface area (Å²) < 4.78 is 54.0. The van der Waals surface area contributed by atoms with E-state index in [4.69, 9.17) is 0 Å². The van der Waals surface area contributed by atoms with Gasteiger partial charge in [0.25, 0.3) is 0 Å². The van der Waals surface area contributed by atoms with Crippen LogP contribution in [0, 0.1) is 6.92 Å². The number of hydrogen-bond donors (Lipinski definition) is 0. The number of rotatable bonds is 3. The molecule has 4 nitrogen and oxygen atoms in total. The average molecular weight is 456 g/mol. The quantitative estimate of drug-likeness (QED) is 0.637. The first-order valence-electron chi connectivity index (χ1n) is 9.68. The average Bonchev–Trinajstić information content (AvgIpc) is 3.09. The third kappa shape index (κ3) is 3.56. The number of aromatic nitrogens is 1. The van der Waals surface area contributed by atoms with Gasteiger partial charge in [-0.05, 0) is 43.1 Å². The van der Waals surface area contributed by atoms with E-state index in [0.29, 0.717) is 26.2 Å². The molecule has 30 heavy (non-hydrogen) atoms. The first kappa shape index (κ1) is 21.4. The van der Waals surface area contributed by atoms with Crippen LogP contribution in [0.3, 0.4) is 0 Å². The van der Waals surface area contributed by atoms with E-state index in [1.807, 2.05) is 6.07 Å². The second kappa shape index (κ2) is 7.39. The maximum Gasteiger partial charge on any atom is 0.412 e. The Kier molecular flexibility index (Phi) is 5.27. The summed E-state index contributed by atoms with van der Waals surface area (Å²) in [4.78, 5) is 7.65. The van der Waals surface area contributed by atoms with Gasteiger partial charge in [0.2, 0.25) is 0 Å². The van der Waals surface area contributed by atoms with Gasteiger partial charge in [0.15, 0.2) is 0 Å². The molecule has 162 valence electrons. The molecule has 2 aromatic rings. The van der Waals surface area contributed by atoms with Crippen molar-refractivity contribution in [2.24, 2.45) is 0 Å². The molecule has 0 bridgehead atoms. The Hall–Kier alpha value is -1.84. The highest BCUT2D eigenvalue weighted by Gasteiger charge is 2.44. The molecule has 0 N–H and O–H groups in total. The van der Waals surface area contributed by atoms with Crippen LogP contribution in [0.2, 0.25) is 0 Å². The van der Waals surface area contributed by atoms with Gasteiger partial charge in [0, 0.05) is 58.7 Å². The fraction of sp³-hybridized carbons (Fsp3) is 0.429. The molecule has 2 aromatic heterocycles. The summed E-state index contributed by atoms with van der Waals surface area (Å²) in [5.74, 6) is 3.94. The van der Waals surface area contributed by atoms with Crippen LogP contribution in [-0.4, -0.2) is 56.5 Å². The molecule has 9 heteroatoms. The molecule has 3 heterocycles. The highest BCUT2D eigenvalue weighted by molar-refractivity contribution is 7.99. The van der Waals surface area contributed by atoms with Gasteiger partial charge in [0.05, 0.1) is 4.75 Å². The number of thiophene rings is 1. The molecule has 0 saturated carbocycles. The maximum atomic E-state index is 13.7. The van der Waals surface area contributed by atoms with Crippen LogP contribution < -0.4 is 4.90 Å². The van der Waals surface area contributed by atoms with Crippen molar-refractivity contribution in [2.45, 2.75) is 31.2 Å². The summed E-state index contributed by atoms with van der Waals surface area (Å²) in [6, 6.07) is 1.99. The van der Waals surface area contributed by atoms with Crippen molar-refractivity contribution in [3.8, 4) is 0 Å². The van der Waals surface area contributed by atoms with E-state index in [9.17, 15) is 17.4 Å². The molecule has 0 aromatic carbocycles. The lowest BCUT2D eigenvalue weighted by molar-refractivity contribution is -0.0946. The third-order valence-corrected chi connectivity index (χ3v) is 9.95. The van der Waals surface area contributed by atoms with Gasteiger partial charge in [-0.3, -0.25) is 4.21 Å². The van der Waals surface area contributed by atoms with Crippen molar-refractivity contribution in [3.63, 3.8) is 0 Å². The topological polar surface area (TPSA) is 36.4 Å². The molecule has 1 aliphatic heterocycles. The smallest absolute Gasteiger partial charge is 0.368 e. The number of alkyl halides is 3. The van der Waals surface area contributed by atoms with Crippen LogP contribution in [0.1, 0.15) is 18.9 Å². The number of hydrogen-bond acceptors (Lipinski definition) is 4. The first-order chi connectivity index (χ1) is 14.0. The summed E-state index contributed by atoms with van der Waals surface area (Å²) in [6.07, 6.45) is 1.09. The van der Waals surface area contributed by atoms with E-state index in [1.54, 1.807) is 34.8 Å². The van der Waals surface area contributed by atoms with Gasteiger partial charge < -0.3 is 4.90 Å². The summed E-state index contributed by atoms with van der Waals surface area (Å²) in [7, 11) is -2.95. The lowest BCUT2D eigenvalue weighted by atomic mass is 9.95. The monoisotopic (exact) mass is 455 g/mol. The number of anilines is 1. The molecule has 0 radical (unpaired) electrons. The number of aryl methyl sites for hydroxylation is 1. The fourth-order valence-electron chi connectivity index (χ4n) is 4.16. The standard InChI is InChI=1S/C21H24F3N3OS2/c1-15-14-29-19-18(15)17(6-8-25-19)26-9-11-27(12-10-26)30(3,28)20(2)7-4-5-16(13-20)21(22,23)24/h4-8,14H,3,9-13H2,1-2H3. The van der Waals surface area contributed by atoms with E-state index in [1.165, 1.54) is 11.6 Å². The van der Waals surface area contributed by atoms with Crippen LogP contribution in [0.5, 0.6) is 0 Å². The molecule has 4 rings (SSSR count). The van der Waals surface area contributed by atoms with Crippen molar-refractivity contribution in [1.82, 2.24) is 9.29 Å². The van der Waals surface area contributed by atoms with E-state index < -0.39 is 26.2 Å². The first-order valence-corrected chi connectivity index (χ1v) is 12.2. The Morgan fingerprint density at radius 1 is 1.27 bits per heavy atom. The Balaban J connectivity index is 1.53. The van der Waals surface area contributed by atoms with Crippen molar-refractivity contribution in [2.75, 3.05) is 31.1 Å². The van der Waals surface area contributed by atoms with Crippen molar-refractivity contribution in [3.05, 3.63) is 47.0 Å². The highest BCUT2D eigenvalue weighted by Crippen LogP contribution is 2.40. The molecule has 1 fully saturated rings. The number of allylic oxidation sites excluding steroid dienone is 3. The van der Waals surface area contributed by atoms with Crippen molar-refractivity contribution >= 4 is 42.8 Å². The van der Waals surface area contributed by atoms with Crippen molar-refractivity contribution < 1.29 is 17.4 Å². The normalized spacial score (nSPS) is 25.4. The Bertz CT molecular complexity index is 1130. The molecule has 1 saturated heterocycles. The second-order valence-corrected chi connectivity index (χ2v) is 11.6. The van der Waals surface area contributed by atoms with Crippen molar-refractivity contribution in [1.29, 1.82) is 0 Å². The van der Waals surface area contributed by atoms with Gasteiger partial charge in [-0.2, -0.15) is 13.2 Å². The maximum absolute atomic E-state index is 13.7. The number of nitrogens with zero attached hydrogens (tertiary/aromatic N) is 3. The molecular formula is C21H24F3N3OS2. The van der Waals surface area contributed by atoms with Gasteiger partial charge in [0.1, 0.15) is 4.83 Å². The lowest BCUT2D eigenvalue weighted by Crippen LogP contribution is -2.54. The molecule has 2 aliphatic rings. The van der Waals surface area contributed by atoms with Crippen LogP contribution in [0.15, 0.2) is 41.4 Å². The van der Waals surface area contributed by atoms with E-state index >= 15 is 0 Å².